The van der Waals surface area contributed by atoms with Crippen LogP contribution in [0.15, 0.2) is 36.5 Å². The van der Waals surface area contributed by atoms with Gasteiger partial charge in [0.25, 0.3) is 0 Å². The normalized spacial score (nSPS) is 13.1. The highest BCUT2D eigenvalue weighted by Gasteiger charge is 2.31. The standard InChI is InChI=1S/C54H99NO7/c1-6-8-10-12-14-16-18-20-22-24-25-26-27-28-29-31-33-35-37-39-41-43-45-53(57)62-50(48-60-47-46-51(54(58)59)55(3,4)5)49-61-52(56)44-42-40-38-36-34-32-30-23-21-19-17-15-13-11-9-7-2/h9,11,15,17,21,23,50-51H,6-8,10,12-14,16,18-20,22,24-49H2,1-5H3/p+1/b11-9+,17-15+,23-21+. The van der Waals surface area contributed by atoms with Crippen molar-refractivity contribution in [2.75, 3.05) is 41.0 Å². The highest BCUT2D eigenvalue weighted by Crippen LogP contribution is 2.17. The van der Waals surface area contributed by atoms with E-state index in [1.54, 1.807) is 0 Å². The number of unbranched alkanes of at least 4 members (excludes halogenated alkanes) is 27. The molecule has 0 aromatic carbocycles. The molecule has 0 aromatic rings. The summed E-state index contributed by atoms with van der Waals surface area (Å²) in [6.07, 6.45) is 53.4. The van der Waals surface area contributed by atoms with Gasteiger partial charge in [-0.25, -0.2) is 4.79 Å². The smallest absolute Gasteiger partial charge is 0.362 e. The molecular formula is C54H100NO7+. The van der Waals surface area contributed by atoms with Gasteiger partial charge in [0.15, 0.2) is 12.1 Å². The number of quaternary nitrogens is 1. The van der Waals surface area contributed by atoms with Crippen LogP contribution in [-0.2, 0) is 28.6 Å². The van der Waals surface area contributed by atoms with Crippen molar-refractivity contribution in [3.63, 3.8) is 0 Å². The number of esters is 2. The first-order chi connectivity index (χ1) is 30.1. The number of hydrogen-bond acceptors (Lipinski definition) is 6. The summed E-state index contributed by atoms with van der Waals surface area (Å²) in [5.41, 5.74) is 0. The molecule has 8 heteroatoms. The average molecular weight is 875 g/mol. The molecular weight excluding hydrogens is 775 g/mol. The zero-order chi connectivity index (χ0) is 45.6. The van der Waals surface area contributed by atoms with Crippen molar-refractivity contribution in [1.82, 2.24) is 0 Å². The summed E-state index contributed by atoms with van der Waals surface area (Å²) in [7, 11) is 5.54. The molecule has 0 saturated carbocycles. The zero-order valence-corrected chi connectivity index (χ0v) is 41.3. The van der Waals surface area contributed by atoms with E-state index in [0.717, 1.165) is 64.2 Å². The molecule has 2 atom stereocenters. The fourth-order valence-corrected chi connectivity index (χ4v) is 7.81. The Kier molecular flexibility index (Phi) is 43.3. The lowest BCUT2D eigenvalue weighted by Crippen LogP contribution is -2.50. The largest absolute Gasteiger partial charge is 0.477 e. The molecule has 0 spiro atoms. The molecule has 8 nitrogen and oxygen atoms in total. The monoisotopic (exact) mass is 875 g/mol. The first-order valence-electron chi connectivity index (χ1n) is 26.0. The molecule has 0 rings (SSSR count). The van der Waals surface area contributed by atoms with Crippen molar-refractivity contribution in [2.24, 2.45) is 0 Å². The van der Waals surface area contributed by atoms with E-state index in [0.29, 0.717) is 19.3 Å². The van der Waals surface area contributed by atoms with Gasteiger partial charge in [-0.1, -0.05) is 211 Å². The molecule has 1 N–H and O–H groups in total. The third kappa shape index (κ3) is 42.8. The third-order valence-electron chi connectivity index (χ3n) is 11.8. The van der Waals surface area contributed by atoms with Crippen molar-refractivity contribution >= 4 is 17.9 Å². The first kappa shape index (κ1) is 59.5. The fourth-order valence-electron chi connectivity index (χ4n) is 7.81. The first-order valence-corrected chi connectivity index (χ1v) is 26.0. The van der Waals surface area contributed by atoms with Gasteiger partial charge in [0.05, 0.1) is 34.4 Å². The maximum absolute atomic E-state index is 12.8. The number of carboxylic acids is 1. The molecule has 0 amide bonds. The Balaban J connectivity index is 4.20. The van der Waals surface area contributed by atoms with Crippen molar-refractivity contribution in [1.29, 1.82) is 0 Å². The molecule has 0 heterocycles. The Morgan fingerprint density at radius 3 is 1.34 bits per heavy atom. The molecule has 0 bridgehead atoms. The Bertz CT molecular complexity index is 1110. The van der Waals surface area contributed by atoms with Crippen LogP contribution in [0.25, 0.3) is 0 Å². The molecule has 0 radical (unpaired) electrons. The minimum atomic E-state index is -0.874. The second kappa shape index (κ2) is 45.1. The van der Waals surface area contributed by atoms with Crippen LogP contribution in [0.4, 0.5) is 0 Å². The summed E-state index contributed by atoms with van der Waals surface area (Å²) in [6.45, 7) is 4.65. The Labute approximate surface area is 383 Å². The average Bonchev–Trinajstić information content (AvgIpc) is 3.23. The van der Waals surface area contributed by atoms with E-state index < -0.39 is 18.1 Å². The second-order valence-electron chi connectivity index (χ2n) is 18.8. The number of carboxylic acid groups (broad SMARTS) is 1. The summed E-state index contributed by atoms with van der Waals surface area (Å²) >= 11 is 0. The van der Waals surface area contributed by atoms with Gasteiger partial charge in [0.1, 0.15) is 6.61 Å². The number of ether oxygens (including phenoxy) is 3. The van der Waals surface area contributed by atoms with E-state index >= 15 is 0 Å². The quantitative estimate of drug-likeness (QED) is 0.0281. The summed E-state index contributed by atoms with van der Waals surface area (Å²) in [5.74, 6) is -1.47. The third-order valence-corrected chi connectivity index (χ3v) is 11.8. The van der Waals surface area contributed by atoms with Gasteiger partial charge in [0.2, 0.25) is 0 Å². The van der Waals surface area contributed by atoms with Crippen LogP contribution in [0.3, 0.4) is 0 Å². The Hall–Kier alpha value is -2.45. The molecule has 62 heavy (non-hydrogen) atoms. The lowest BCUT2D eigenvalue weighted by atomic mass is 10.0. The highest BCUT2D eigenvalue weighted by molar-refractivity contribution is 5.72. The summed E-state index contributed by atoms with van der Waals surface area (Å²) < 4.78 is 17.4. The van der Waals surface area contributed by atoms with Gasteiger partial charge in [-0.2, -0.15) is 0 Å². The van der Waals surface area contributed by atoms with E-state index in [9.17, 15) is 19.5 Å². The van der Waals surface area contributed by atoms with Crippen molar-refractivity contribution in [2.45, 2.75) is 251 Å². The lowest BCUT2D eigenvalue weighted by Gasteiger charge is -2.31. The van der Waals surface area contributed by atoms with Crippen LogP contribution in [0, 0.1) is 0 Å². The molecule has 2 unspecified atom stereocenters. The van der Waals surface area contributed by atoms with Crippen LogP contribution >= 0.6 is 0 Å². The Morgan fingerprint density at radius 1 is 0.500 bits per heavy atom. The lowest BCUT2D eigenvalue weighted by molar-refractivity contribution is -0.887. The number of nitrogens with zero attached hydrogens (tertiary/aromatic N) is 1. The molecule has 362 valence electrons. The Morgan fingerprint density at radius 2 is 0.903 bits per heavy atom. The number of hydrogen-bond donors (Lipinski definition) is 1. The van der Waals surface area contributed by atoms with Gasteiger partial charge >= 0.3 is 17.9 Å². The van der Waals surface area contributed by atoms with Gasteiger partial charge in [-0.3, -0.25) is 9.59 Å². The van der Waals surface area contributed by atoms with Crippen LogP contribution in [0.5, 0.6) is 0 Å². The second-order valence-corrected chi connectivity index (χ2v) is 18.8. The molecule has 0 aromatic heterocycles. The van der Waals surface area contributed by atoms with Gasteiger partial charge < -0.3 is 23.8 Å². The number of carbonyl (C=O) groups is 3. The van der Waals surface area contributed by atoms with Crippen LogP contribution in [0.2, 0.25) is 0 Å². The number of carbonyl (C=O) groups excluding carboxylic acids is 2. The summed E-state index contributed by atoms with van der Waals surface area (Å²) in [5, 5.41) is 9.65. The molecule has 0 saturated heterocycles. The van der Waals surface area contributed by atoms with Crippen LogP contribution in [-0.4, -0.2) is 80.6 Å². The van der Waals surface area contributed by atoms with Crippen molar-refractivity contribution in [3.8, 4) is 0 Å². The highest BCUT2D eigenvalue weighted by atomic mass is 16.6. The number of allylic oxidation sites excluding steroid dienone is 6. The van der Waals surface area contributed by atoms with Crippen molar-refractivity contribution < 1.29 is 38.2 Å². The van der Waals surface area contributed by atoms with Crippen molar-refractivity contribution in [3.05, 3.63) is 36.5 Å². The zero-order valence-electron chi connectivity index (χ0n) is 41.3. The number of likely N-dealkylation sites (N-methyl/N-ethyl adjacent to an activating group) is 1. The molecule has 0 fully saturated rings. The van der Waals surface area contributed by atoms with E-state index in [-0.39, 0.29) is 36.2 Å². The van der Waals surface area contributed by atoms with E-state index in [1.165, 1.54) is 141 Å². The maximum atomic E-state index is 12.8. The van der Waals surface area contributed by atoms with Crippen LogP contribution < -0.4 is 0 Å². The van der Waals surface area contributed by atoms with Crippen LogP contribution in [0.1, 0.15) is 239 Å². The minimum absolute atomic E-state index is 0.0547. The molecule has 0 aliphatic rings. The SMILES string of the molecule is CC/C=C/C/C=C/C/C=C/CCCCCCCCC(=O)OCC(COCCC(C(=O)O)[N+](C)(C)C)OC(=O)CCCCCCCCCCCCCCCCCCCCCCCC. The predicted molar refractivity (Wildman–Crippen MR) is 261 cm³/mol. The molecule has 0 aliphatic carbocycles. The van der Waals surface area contributed by atoms with Gasteiger partial charge in [0, 0.05) is 19.3 Å². The molecule has 0 aliphatic heterocycles. The fraction of sp³-hybridized carbons (Fsp3) is 0.833. The van der Waals surface area contributed by atoms with Gasteiger partial charge in [-0.05, 0) is 44.9 Å². The van der Waals surface area contributed by atoms with Gasteiger partial charge in [-0.15, -0.1) is 0 Å². The predicted octanol–water partition coefficient (Wildman–Crippen LogP) is 15.0. The van der Waals surface area contributed by atoms with E-state index in [4.69, 9.17) is 14.2 Å². The number of aliphatic carboxylic acids is 1. The number of rotatable bonds is 47. The summed E-state index contributed by atoms with van der Waals surface area (Å²) in [4.78, 5) is 37.1. The topological polar surface area (TPSA) is 99.1 Å². The van der Waals surface area contributed by atoms with E-state index in [2.05, 4.69) is 50.3 Å². The van der Waals surface area contributed by atoms with E-state index in [1.807, 2.05) is 21.1 Å². The minimum Gasteiger partial charge on any atom is -0.477 e. The summed E-state index contributed by atoms with van der Waals surface area (Å²) in [6, 6.07) is -0.616. The maximum Gasteiger partial charge on any atom is 0.362 e.